The highest BCUT2D eigenvalue weighted by atomic mass is 16.4. The lowest BCUT2D eigenvalue weighted by Crippen LogP contribution is -2.62. The minimum Gasteiger partial charge on any atom is -0.508 e. The Morgan fingerprint density at radius 3 is 1.46 bits per heavy atom. The number of hydrogen-bond acceptors (Lipinski definition) is 14. The van der Waals surface area contributed by atoms with E-state index in [1.54, 1.807) is 41.5 Å². The van der Waals surface area contributed by atoms with Crippen molar-refractivity contribution in [3.05, 3.63) is 29.8 Å². The molecule has 0 fully saturated rings. The monoisotopic (exact) mass is 965 g/mol. The first-order valence-electron chi connectivity index (χ1n) is 23.0. The van der Waals surface area contributed by atoms with Crippen LogP contribution in [0.3, 0.4) is 0 Å². The molecule has 0 aromatic heterocycles. The Morgan fingerprint density at radius 1 is 0.559 bits per heavy atom. The normalized spacial score (nSPS) is 15.3. The van der Waals surface area contributed by atoms with E-state index in [0.717, 1.165) is 0 Å². The van der Waals surface area contributed by atoms with Crippen molar-refractivity contribution in [1.29, 1.82) is 0 Å². The lowest BCUT2D eigenvalue weighted by atomic mass is 9.99. The number of carboxylic acids is 1. The molecule has 8 amide bonds. The number of aliphatic carboxylic acids is 1. The molecule has 23 heteroatoms. The maximum absolute atomic E-state index is 14.3. The fraction of sp³-hybridized carbons (Fsp3) is 0.667. The van der Waals surface area contributed by atoms with Crippen LogP contribution < -0.4 is 54.4 Å². The number of phenols is 1. The first kappa shape index (κ1) is 60.1. The van der Waals surface area contributed by atoms with E-state index in [4.69, 9.17) is 17.2 Å². The predicted molar refractivity (Wildman–Crippen MR) is 249 cm³/mol. The van der Waals surface area contributed by atoms with Gasteiger partial charge in [-0.2, -0.15) is 0 Å². The van der Waals surface area contributed by atoms with E-state index in [-0.39, 0.29) is 68.4 Å². The molecular formula is C45H76N10O13. The van der Waals surface area contributed by atoms with Gasteiger partial charge in [0.05, 0.1) is 18.8 Å². The molecule has 0 aliphatic heterocycles. The van der Waals surface area contributed by atoms with E-state index in [2.05, 4.69) is 37.2 Å². The number of aromatic hydroxyl groups is 1. The highest BCUT2D eigenvalue weighted by Gasteiger charge is 2.36. The predicted octanol–water partition coefficient (Wildman–Crippen LogP) is -2.35. The molecule has 0 heterocycles. The summed E-state index contributed by atoms with van der Waals surface area (Å²) in [6.45, 7) is 11.2. The number of amides is 8. The van der Waals surface area contributed by atoms with Crippen LogP contribution in [0, 0.1) is 17.8 Å². The minimum absolute atomic E-state index is 0.00755. The summed E-state index contributed by atoms with van der Waals surface area (Å²) in [6, 6.07) is -5.55. The molecule has 0 unspecified atom stereocenters. The third-order valence-corrected chi connectivity index (χ3v) is 10.5. The Bertz CT molecular complexity index is 1830. The first-order valence-corrected chi connectivity index (χ1v) is 23.0. The Labute approximate surface area is 397 Å². The summed E-state index contributed by atoms with van der Waals surface area (Å²) in [5.41, 5.74) is 17.2. The summed E-state index contributed by atoms with van der Waals surface area (Å²) in [7, 11) is 0. The van der Waals surface area contributed by atoms with Crippen LogP contribution in [0.25, 0.3) is 0 Å². The first-order chi connectivity index (χ1) is 31.8. The molecule has 68 heavy (non-hydrogen) atoms. The molecule has 1 aromatic rings. The largest absolute Gasteiger partial charge is 0.508 e. The van der Waals surface area contributed by atoms with Gasteiger partial charge in [-0.1, -0.05) is 60.1 Å². The van der Waals surface area contributed by atoms with Crippen molar-refractivity contribution in [2.45, 2.75) is 161 Å². The number of primary amides is 1. The number of unbranched alkanes of at least 4 members (excludes halogenated alkanes) is 1. The Hall–Kier alpha value is -5.91. The molecule has 23 nitrogen and oxygen atoms in total. The molecule has 0 aliphatic rings. The molecule has 0 radical (unpaired) electrons. The van der Waals surface area contributed by atoms with Gasteiger partial charge in [-0.3, -0.25) is 38.4 Å². The number of aliphatic hydroxyl groups excluding tert-OH is 2. The SMILES string of the molecule is CC(C)C[C@H](NC(=O)[C@H](CCC(N)=O)NC(=O)[C@H](CC(C)C)NC(=O)[C@H](Cc1ccc(O)cc1)NC(=O)[C@H](CC(C)C)NC(=O)[C@@H](NC(=O)[C@H](CO)NC(=O)[C@@H](N)CCCCN)[C@@H](C)O)C(=O)O. The van der Waals surface area contributed by atoms with E-state index in [1.165, 1.54) is 31.2 Å². The second kappa shape index (κ2) is 30.5. The fourth-order valence-electron chi connectivity index (χ4n) is 6.85. The molecule has 0 aliphatic carbocycles. The maximum atomic E-state index is 14.3. The Kier molecular flexibility index (Phi) is 26.9. The number of aliphatic hydroxyl groups is 2. The molecule has 0 bridgehead atoms. The van der Waals surface area contributed by atoms with Gasteiger partial charge in [0.2, 0.25) is 47.3 Å². The average Bonchev–Trinajstić information content (AvgIpc) is 3.24. The average molecular weight is 965 g/mol. The van der Waals surface area contributed by atoms with Gasteiger partial charge in [0, 0.05) is 12.8 Å². The van der Waals surface area contributed by atoms with Crippen molar-refractivity contribution < 1.29 is 63.6 Å². The molecule has 384 valence electrons. The van der Waals surface area contributed by atoms with Crippen molar-refractivity contribution in [2.75, 3.05) is 13.2 Å². The van der Waals surface area contributed by atoms with Crippen LogP contribution in [0.5, 0.6) is 5.75 Å². The molecule has 0 spiro atoms. The van der Waals surface area contributed by atoms with Crippen LogP contribution in [0.1, 0.15) is 105 Å². The highest BCUT2D eigenvalue weighted by molar-refractivity contribution is 5.98. The highest BCUT2D eigenvalue weighted by Crippen LogP contribution is 2.15. The van der Waals surface area contributed by atoms with Crippen LogP contribution in [0.2, 0.25) is 0 Å². The number of carboxylic acid groups (broad SMARTS) is 1. The molecule has 1 aromatic carbocycles. The Balaban J connectivity index is 3.50. The second-order valence-corrected chi connectivity index (χ2v) is 18.3. The molecule has 0 saturated heterocycles. The number of rotatable bonds is 32. The quantitative estimate of drug-likeness (QED) is 0.0336. The van der Waals surface area contributed by atoms with Crippen molar-refractivity contribution >= 4 is 53.2 Å². The van der Waals surface area contributed by atoms with E-state index in [0.29, 0.717) is 24.9 Å². The standard InChI is InChI=1S/C45H76N10O13/c1-23(2)18-31(40(62)49-30(15-16-36(48)59)39(61)53-34(45(67)68)20-25(5)6)50-42(64)33(21-27-11-13-28(58)14-12-27)51-41(63)32(19-24(3)4)52-44(66)37(26(7)57)55-43(65)35(22-56)54-38(60)29(47)10-8-9-17-46/h11-14,23-26,29-35,37,56-58H,8-10,15-22,46-47H2,1-7H3,(H2,48,59)(H,49,62)(H,50,64)(H,51,63)(H,52,66)(H,53,61)(H,54,60)(H,55,65)(H,67,68)/t26-,29+,30+,31+,32+,33+,34+,35+,37+/m1/s1. The van der Waals surface area contributed by atoms with Gasteiger partial charge in [-0.25, -0.2) is 4.79 Å². The minimum atomic E-state index is -1.71. The zero-order chi connectivity index (χ0) is 51.8. The van der Waals surface area contributed by atoms with E-state index < -0.39 is 114 Å². The lowest BCUT2D eigenvalue weighted by Gasteiger charge is -2.29. The maximum Gasteiger partial charge on any atom is 0.326 e. The Morgan fingerprint density at radius 2 is 0.985 bits per heavy atom. The topological polar surface area (TPSA) is 397 Å². The fourth-order valence-corrected chi connectivity index (χ4v) is 6.85. The third kappa shape index (κ3) is 22.7. The zero-order valence-corrected chi connectivity index (χ0v) is 40.2. The van der Waals surface area contributed by atoms with E-state index in [9.17, 15) is 63.6 Å². The number of phenolic OH excluding ortho intramolecular Hbond substituents is 1. The smallest absolute Gasteiger partial charge is 0.326 e. The van der Waals surface area contributed by atoms with Gasteiger partial charge in [0.1, 0.15) is 48.0 Å². The van der Waals surface area contributed by atoms with Crippen molar-refractivity contribution in [2.24, 2.45) is 35.0 Å². The van der Waals surface area contributed by atoms with Gasteiger partial charge < -0.3 is 74.8 Å². The van der Waals surface area contributed by atoms with Gasteiger partial charge in [0.25, 0.3) is 0 Å². The molecule has 9 atom stereocenters. The number of carbonyl (C=O) groups excluding carboxylic acids is 8. The molecular weight excluding hydrogens is 889 g/mol. The van der Waals surface area contributed by atoms with Gasteiger partial charge in [-0.15, -0.1) is 0 Å². The molecule has 0 saturated carbocycles. The summed E-state index contributed by atoms with van der Waals surface area (Å²) in [4.78, 5) is 119. The van der Waals surface area contributed by atoms with Crippen LogP contribution in [-0.4, -0.2) is 141 Å². The van der Waals surface area contributed by atoms with Crippen LogP contribution in [-0.2, 0) is 49.6 Å². The lowest BCUT2D eigenvalue weighted by molar-refractivity contribution is -0.143. The third-order valence-electron chi connectivity index (χ3n) is 10.5. The number of nitrogens with one attached hydrogen (secondary N) is 7. The molecule has 1 rings (SSSR count). The number of carbonyl (C=O) groups is 9. The number of hydrogen-bond donors (Lipinski definition) is 14. The van der Waals surface area contributed by atoms with Gasteiger partial charge >= 0.3 is 5.97 Å². The van der Waals surface area contributed by atoms with Crippen molar-refractivity contribution in [3.63, 3.8) is 0 Å². The number of nitrogens with two attached hydrogens (primary N) is 3. The second-order valence-electron chi connectivity index (χ2n) is 18.3. The van der Waals surface area contributed by atoms with Crippen LogP contribution in [0.15, 0.2) is 24.3 Å². The summed E-state index contributed by atoms with van der Waals surface area (Å²) < 4.78 is 0. The van der Waals surface area contributed by atoms with Gasteiger partial charge in [0.15, 0.2) is 0 Å². The van der Waals surface area contributed by atoms with E-state index in [1.807, 2.05) is 0 Å². The summed E-state index contributed by atoms with van der Waals surface area (Å²) in [6.07, 6.45) is -0.963. The van der Waals surface area contributed by atoms with Crippen LogP contribution in [0.4, 0.5) is 0 Å². The van der Waals surface area contributed by atoms with Crippen molar-refractivity contribution in [3.8, 4) is 5.75 Å². The van der Waals surface area contributed by atoms with Gasteiger partial charge in [-0.05, 0) is 87.4 Å². The summed E-state index contributed by atoms with van der Waals surface area (Å²) >= 11 is 0. The van der Waals surface area contributed by atoms with Crippen LogP contribution >= 0.6 is 0 Å². The summed E-state index contributed by atoms with van der Waals surface area (Å²) in [5, 5.41) is 57.5. The van der Waals surface area contributed by atoms with Crippen molar-refractivity contribution in [1.82, 2.24) is 37.2 Å². The molecule has 17 N–H and O–H groups in total. The number of benzene rings is 1. The van der Waals surface area contributed by atoms with E-state index >= 15 is 0 Å². The zero-order valence-electron chi connectivity index (χ0n) is 40.2. The summed E-state index contributed by atoms with van der Waals surface area (Å²) in [5.74, 6) is -9.16.